The zero-order valence-corrected chi connectivity index (χ0v) is 15.4. The van der Waals surface area contributed by atoms with Crippen molar-refractivity contribution in [2.24, 2.45) is 0 Å². The molecule has 1 N–H and O–H groups in total. The van der Waals surface area contributed by atoms with Crippen LogP contribution in [0.15, 0.2) is 52.2 Å². The Morgan fingerprint density at radius 2 is 2.08 bits per heavy atom. The number of ether oxygens (including phenoxy) is 1. The van der Waals surface area contributed by atoms with Crippen LogP contribution in [0.1, 0.15) is 6.92 Å². The number of carbonyl (C=O) groups excluding carboxylic acids is 1. The molecule has 2 heterocycles. The Kier molecular flexibility index (Phi) is 6.08. The highest BCUT2D eigenvalue weighted by atomic mass is 35.5. The highest BCUT2D eigenvalue weighted by Gasteiger charge is 2.13. The Labute approximate surface area is 159 Å². The van der Waals surface area contributed by atoms with Gasteiger partial charge in [0.1, 0.15) is 5.69 Å². The number of nitrogens with zero attached hydrogens (tertiary/aromatic N) is 3. The van der Waals surface area contributed by atoms with Gasteiger partial charge < -0.3 is 14.5 Å². The van der Waals surface area contributed by atoms with Gasteiger partial charge in [-0.3, -0.25) is 4.79 Å². The van der Waals surface area contributed by atoms with E-state index >= 15 is 0 Å². The van der Waals surface area contributed by atoms with Crippen molar-refractivity contribution >= 4 is 35.0 Å². The van der Waals surface area contributed by atoms with E-state index in [0.717, 1.165) is 17.3 Å². The molecule has 0 bridgehead atoms. The largest absolute Gasteiger partial charge is 0.476 e. The van der Waals surface area contributed by atoms with Crippen molar-refractivity contribution in [1.29, 1.82) is 0 Å². The standard InChI is InChI=1S/C17H15ClN4O3S/c1-2-24-16-13(4-3-9-19-16)20-14(23)10-26-17-22-21-15(25-17)11-5-7-12(18)8-6-11/h3-9H,2,10H2,1H3,(H,20,23). The van der Waals surface area contributed by atoms with Gasteiger partial charge in [-0.1, -0.05) is 23.4 Å². The Morgan fingerprint density at radius 1 is 1.27 bits per heavy atom. The lowest BCUT2D eigenvalue weighted by Crippen LogP contribution is -2.15. The van der Waals surface area contributed by atoms with E-state index in [1.54, 1.807) is 42.6 Å². The van der Waals surface area contributed by atoms with Crippen LogP contribution in [0.3, 0.4) is 0 Å². The third-order valence-electron chi connectivity index (χ3n) is 3.15. The molecular weight excluding hydrogens is 376 g/mol. The molecule has 0 radical (unpaired) electrons. The minimum atomic E-state index is -0.227. The average molecular weight is 391 g/mol. The van der Waals surface area contributed by atoms with Crippen LogP contribution in [0.4, 0.5) is 5.69 Å². The van der Waals surface area contributed by atoms with E-state index in [4.69, 9.17) is 20.8 Å². The molecule has 0 atom stereocenters. The first-order valence-electron chi connectivity index (χ1n) is 7.75. The Morgan fingerprint density at radius 3 is 2.85 bits per heavy atom. The van der Waals surface area contributed by atoms with Crippen LogP contribution >= 0.6 is 23.4 Å². The van der Waals surface area contributed by atoms with Crippen molar-refractivity contribution in [3.05, 3.63) is 47.6 Å². The van der Waals surface area contributed by atoms with Crippen molar-refractivity contribution in [2.45, 2.75) is 12.1 Å². The highest BCUT2D eigenvalue weighted by molar-refractivity contribution is 7.99. The van der Waals surface area contributed by atoms with Gasteiger partial charge in [0.05, 0.1) is 12.4 Å². The molecule has 26 heavy (non-hydrogen) atoms. The summed E-state index contributed by atoms with van der Waals surface area (Å²) >= 11 is 7.00. The van der Waals surface area contributed by atoms with Crippen LogP contribution in [0, 0.1) is 0 Å². The minimum absolute atomic E-state index is 0.114. The first kappa shape index (κ1) is 18.2. The third kappa shape index (κ3) is 4.74. The monoisotopic (exact) mass is 390 g/mol. The first-order chi connectivity index (χ1) is 12.7. The van der Waals surface area contributed by atoms with Crippen LogP contribution in [-0.2, 0) is 4.79 Å². The van der Waals surface area contributed by atoms with Crippen LogP contribution in [0.5, 0.6) is 5.88 Å². The topological polar surface area (TPSA) is 90.1 Å². The minimum Gasteiger partial charge on any atom is -0.476 e. The van der Waals surface area contributed by atoms with Crippen molar-refractivity contribution in [2.75, 3.05) is 17.7 Å². The summed E-state index contributed by atoms with van der Waals surface area (Å²) in [6, 6.07) is 10.5. The van der Waals surface area contributed by atoms with Crippen molar-refractivity contribution < 1.29 is 13.9 Å². The van der Waals surface area contributed by atoms with Gasteiger partial charge in [-0.25, -0.2) is 4.98 Å². The molecule has 134 valence electrons. The van der Waals surface area contributed by atoms with Gasteiger partial charge in [0.2, 0.25) is 17.7 Å². The summed E-state index contributed by atoms with van der Waals surface area (Å²) in [5.41, 5.74) is 1.28. The lowest BCUT2D eigenvalue weighted by atomic mass is 10.2. The summed E-state index contributed by atoms with van der Waals surface area (Å²) in [5.74, 6) is 0.643. The van der Waals surface area contributed by atoms with E-state index in [-0.39, 0.29) is 11.7 Å². The molecule has 2 aromatic heterocycles. The molecule has 0 aliphatic rings. The zero-order valence-electron chi connectivity index (χ0n) is 13.8. The van der Waals surface area contributed by atoms with Gasteiger partial charge in [0, 0.05) is 16.8 Å². The van der Waals surface area contributed by atoms with E-state index in [1.807, 2.05) is 6.92 Å². The number of nitrogens with one attached hydrogen (secondary N) is 1. The molecule has 0 saturated carbocycles. The van der Waals surface area contributed by atoms with E-state index < -0.39 is 0 Å². The number of benzene rings is 1. The van der Waals surface area contributed by atoms with Crippen LogP contribution < -0.4 is 10.1 Å². The van der Waals surface area contributed by atoms with Gasteiger partial charge >= 0.3 is 0 Å². The number of hydrogen-bond acceptors (Lipinski definition) is 7. The number of rotatable bonds is 7. The fourth-order valence-corrected chi connectivity index (χ4v) is 2.72. The fourth-order valence-electron chi connectivity index (χ4n) is 2.03. The van der Waals surface area contributed by atoms with E-state index in [1.165, 1.54) is 0 Å². The van der Waals surface area contributed by atoms with Crippen LogP contribution in [-0.4, -0.2) is 33.4 Å². The summed E-state index contributed by atoms with van der Waals surface area (Å²) in [5, 5.41) is 11.6. The molecule has 0 aliphatic heterocycles. The molecular formula is C17H15ClN4O3S. The second-order valence-corrected chi connectivity index (χ2v) is 6.37. The molecule has 0 spiro atoms. The summed E-state index contributed by atoms with van der Waals surface area (Å²) in [4.78, 5) is 16.2. The molecule has 1 aromatic carbocycles. The number of amides is 1. The molecule has 7 nitrogen and oxygen atoms in total. The van der Waals surface area contributed by atoms with E-state index in [0.29, 0.717) is 34.3 Å². The second-order valence-electron chi connectivity index (χ2n) is 5.01. The summed E-state index contributed by atoms with van der Waals surface area (Å²) in [6.07, 6.45) is 1.60. The summed E-state index contributed by atoms with van der Waals surface area (Å²) in [7, 11) is 0. The Balaban J connectivity index is 1.58. The molecule has 0 unspecified atom stereocenters. The highest BCUT2D eigenvalue weighted by Crippen LogP contribution is 2.25. The lowest BCUT2D eigenvalue weighted by molar-refractivity contribution is -0.113. The number of aromatic nitrogens is 3. The number of halogens is 1. The third-order valence-corrected chi connectivity index (χ3v) is 4.22. The fraction of sp³-hybridized carbons (Fsp3) is 0.176. The van der Waals surface area contributed by atoms with Gasteiger partial charge in [0.25, 0.3) is 5.22 Å². The van der Waals surface area contributed by atoms with Gasteiger partial charge in [-0.2, -0.15) is 0 Å². The molecule has 0 saturated heterocycles. The molecule has 0 fully saturated rings. The first-order valence-corrected chi connectivity index (χ1v) is 9.12. The molecule has 9 heteroatoms. The maximum absolute atomic E-state index is 12.1. The zero-order chi connectivity index (χ0) is 18.4. The van der Waals surface area contributed by atoms with Gasteiger partial charge in [0.15, 0.2) is 0 Å². The van der Waals surface area contributed by atoms with E-state index in [9.17, 15) is 4.79 Å². The lowest BCUT2D eigenvalue weighted by Gasteiger charge is -2.09. The molecule has 1 amide bonds. The summed E-state index contributed by atoms with van der Waals surface area (Å²) in [6.45, 7) is 2.31. The SMILES string of the molecule is CCOc1ncccc1NC(=O)CSc1nnc(-c2ccc(Cl)cc2)o1. The van der Waals surface area contributed by atoms with Gasteiger partial charge in [-0.05, 0) is 43.3 Å². The number of hydrogen-bond donors (Lipinski definition) is 1. The number of pyridine rings is 1. The molecule has 3 rings (SSSR count). The number of thioether (sulfide) groups is 1. The Hall–Kier alpha value is -2.58. The number of carbonyl (C=O) groups is 1. The normalized spacial score (nSPS) is 10.5. The average Bonchev–Trinajstić information content (AvgIpc) is 3.11. The quantitative estimate of drug-likeness (QED) is 0.611. The van der Waals surface area contributed by atoms with Crippen LogP contribution in [0.25, 0.3) is 11.5 Å². The summed E-state index contributed by atoms with van der Waals surface area (Å²) < 4.78 is 10.9. The predicted octanol–water partition coefficient (Wildman–Crippen LogP) is 3.91. The Bertz CT molecular complexity index is 886. The van der Waals surface area contributed by atoms with Crippen molar-refractivity contribution in [1.82, 2.24) is 15.2 Å². The predicted molar refractivity (Wildman–Crippen MR) is 99.5 cm³/mol. The second kappa shape index (κ2) is 8.68. The van der Waals surface area contributed by atoms with Gasteiger partial charge in [-0.15, -0.1) is 10.2 Å². The van der Waals surface area contributed by atoms with Crippen molar-refractivity contribution in [3.8, 4) is 17.3 Å². The van der Waals surface area contributed by atoms with Crippen LogP contribution in [0.2, 0.25) is 5.02 Å². The molecule has 3 aromatic rings. The maximum Gasteiger partial charge on any atom is 0.277 e. The maximum atomic E-state index is 12.1. The smallest absolute Gasteiger partial charge is 0.277 e. The molecule has 0 aliphatic carbocycles. The van der Waals surface area contributed by atoms with Crippen molar-refractivity contribution in [3.63, 3.8) is 0 Å². The number of anilines is 1. The van der Waals surface area contributed by atoms with E-state index in [2.05, 4.69) is 20.5 Å².